The van der Waals surface area contributed by atoms with E-state index >= 15 is 8.78 Å². The lowest BCUT2D eigenvalue weighted by Gasteiger charge is -2.28. The van der Waals surface area contributed by atoms with Crippen molar-refractivity contribution < 1.29 is 8.78 Å². The number of pyridine rings is 1. The first-order chi connectivity index (χ1) is 14.3. The standard InChI is InChI=1S/C20H20F2N7P/c1-30(2)15-5-3-4-13(10-15)16-11-26-18(23)19(27-16)29(24)20(21,22)14-6-7-17-25-8-9-28(17)12-14/h3-12H,24H2,1-2H3,(H2,23,26). The van der Waals surface area contributed by atoms with Crippen LogP contribution >= 0.6 is 7.92 Å². The fourth-order valence-electron chi connectivity index (χ4n) is 3.02. The first-order valence-electron chi connectivity index (χ1n) is 9.03. The molecule has 4 aromatic rings. The third kappa shape index (κ3) is 3.58. The largest absolute Gasteiger partial charge is 0.381 e. The van der Waals surface area contributed by atoms with Crippen molar-refractivity contribution in [3.05, 3.63) is 66.7 Å². The maximum atomic E-state index is 15.2. The van der Waals surface area contributed by atoms with E-state index in [2.05, 4.69) is 28.3 Å². The minimum Gasteiger partial charge on any atom is -0.381 e. The number of alkyl halides is 2. The molecule has 0 aliphatic heterocycles. The van der Waals surface area contributed by atoms with E-state index in [1.807, 2.05) is 24.3 Å². The number of hydrazine groups is 1. The Morgan fingerprint density at radius 2 is 1.93 bits per heavy atom. The summed E-state index contributed by atoms with van der Waals surface area (Å²) < 4.78 is 31.9. The van der Waals surface area contributed by atoms with Crippen molar-refractivity contribution >= 4 is 30.5 Å². The molecule has 30 heavy (non-hydrogen) atoms. The zero-order valence-corrected chi connectivity index (χ0v) is 17.3. The number of nitrogen functional groups attached to an aromatic ring is 1. The van der Waals surface area contributed by atoms with Crippen LogP contribution in [-0.4, -0.2) is 32.7 Å². The molecule has 7 nitrogen and oxygen atoms in total. The Kier molecular flexibility index (Phi) is 5.09. The maximum absolute atomic E-state index is 15.2. The number of halogens is 2. The van der Waals surface area contributed by atoms with Gasteiger partial charge < -0.3 is 10.1 Å². The van der Waals surface area contributed by atoms with Gasteiger partial charge in [-0.05, 0) is 36.8 Å². The molecule has 0 aliphatic rings. The Hall–Kier alpha value is -3.16. The van der Waals surface area contributed by atoms with Crippen LogP contribution in [0.15, 0.2) is 61.2 Å². The van der Waals surface area contributed by atoms with Gasteiger partial charge in [-0.2, -0.15) is 8.78 Å². The molecule has 4 N–H and O–H groups in total. The first-order valence-corrected chi connectivity index (χ1v) is 11.3. The molecule has 0 atom stereocenters. The lowest BCUT2D eigenvalue weighted by atomic mass is 10.1. The third-order valence-electron chi connectivity index (χ3n) is 4.71. The van der Waals surface area contributed by atoms with Crippen molar-refractivity contribution in [2.24, 2.45) is 5.84 Å². The van der Waals surface area contributed by atoms with Gasteiger partial charge in [-0.3, -0.25) is 0 Å². The molecule has 3 aromatic heterocycles. The van der Waals surface area contributed by atoms with E-state index in [4.69, 9.17) is 11.6 Å². The van der Waals surface area contributed by atoms with Crippen molar-refractivity contribution in [3.8, 4) is 11.3 Å². The molecular weight excluding hydrogens is 407 g/mol. The van der Waals surface area contributed by atoms with Gasteiger partial charge in [0.2, 0.25) is 0 Å². The minimum atomic E-state index is -3.58. The van der Waals surface area contributed by atoms with Gasteiger partial charge in [0.05, 0.1) is 17.5 Å². The second-order valence-electron chi connectivity index (χ2n) is 6.93. The minimum absolute atomic E-state index is 0.186. The average Bonchev–Trinajstić information content (AvgIpc) is 3.21. The highest BCUT2D eigenvalue weighted by Gasteiger charge is 2.40. The summed E-state index contributed by atoms with van der Waals surface area (Å²) in [7, 11) is -0.323. The fourth-order valence-corrected chi connectivity index (χ4v) is 3.80. The van der Waals surface area contributed by atoms with E-state index in [1.54, 1.807) is 6.20 Å². The molecule has 0 saturated heterocycles. The van der Waals surface area contributed by atoms with E-state index in [1.165, 1.54) is 35.1 Å². The van der Waals surface area contributed by atoms with Crippen LogP contribution in [0.25, 0.3) is 16.9 Å². The topological polar surface area (TPSA) is 98.4 Å². The Bertz CT molecular complexity index is 1210. The number of anilines is 2. The monoisotopic (exact) mass is 427 g/mol. The van der Waals surface area contributed by atoms with Gasteiger partial charge in [0.25, 0.3) is 0 Å². The molecule has 0 spiro atoms. The summed E-state index contributed by atoms with van der Waals surface area (Å²) in [5.41, 5.74) is 7.24. The highest BCUT2D eigenvalue weighted by Crippen LogP contribution is 2.36. The Morgan fingerprint density at radius 1 is 1.13 bits per heavy atom. The molecule has 4 rings (SSSR count). The van der Waals surface area contributed by atoms with E-state index < -0.39 is 6.05 Å². The average molecular weight is 427 g/mol. The van der Waals surface area contributed by atoms with Crippen LogP contribution in [0.4, 0.5) is 20.4 Å². The van der Waals surface area contributed by atoms with Gasteiger partial charge >= 0.3 is 6.05 Å². The molecule has 0 bridgehead atoms. The van der Waals surface area contributed by atoms with Crippen LogP contribution in [0, 0.1) is 0 Å². The SMILES string of the molecule is CP(C)c1cccc(-c2cnc(N)c(N(N)C(F)(F)c3ccc4nccn4c3)n2)c1. The third-order valence-corrected chi connectivity index (χ3v) is 6.02. The second-order valence-corrected chi connectivity index (χ2v) is 9.24. The highest BCUT2D eigenvalue weighted by atomic mass is 31.1. The highest BCUT2D eigenvalue weighted by molar-refractivity contribution is 7.64. The van der Waals surface area contributed by atoms with Crippen molar-refractivity contribution in [2.75, 3.05) is 24.1 Å². The number of nitrogens with zero attached hydrogens (tertiary/aromatic N) is 5. The molecule has 0 saturated carbocycles. The second kappa shape index (κ2) is 7.59. The molecule has 154 valence electrons. The molecular formula is C20H20F2N7P. The smallest absolute Gasteiger partial charge is 0.368 e. The number of aromatic nitrogens is 4. The van der Waals surface area contributed by atoms with Gasteiger partial charge in [0.1, 0.15) is 5.65 Å². The van der Waals surface area contributed by atoms with Crippen LogP contribution in [-0.2, 0) is 6.05 Å². The van der Waals surface area contributed by atoms with Gasteiger partial charge in [-0.25, -0.2) is 25.8 Å². The van der Waals surface area contributed by atoms with E-state index in [9.17, 15) is 0 Å². The molecule has 3 heterocycles. The molecule has 10 heteroatoms. The zero-order valence-electron chi connectivity index (χ0n) is 16.4. The predicted molar refractivity (Wildman–Crippen MR) is 116 cm³/mol. The molecule has 0 radical (unpaired) electrons. The van der Waals surface area contributed by atoms with Crippen LogP contribution in [0.3, 0.4) is 0 Å². The van der Waals surface area contributed by atoms with Gasteiger partial charge in [-0.15, -0.1) is 0 Å². The van der Waals surface area contributed by atoms with Crippen LogP contribution in [0.2, 0.25) is 0 Å². The Labute approximate surface area is 173 Å². The summed E-state index contributed by atoms with van der Waals surface area (Å²) in [5, 5.41) is 1.42. The summed E-state index contributed by atoms with van der Waals surface area (Å²) in [6, 6.07) is 6.92. The summed E-state index contributed by atoms with van der Waals surface area (Å²) in [5.74, 6) is 5.34. The normalized spacial score (nSPS) is 11.9. The molecule has 0 amide bonds. The zero-order chi connectivity index (χ0) is 21.5. The number of nitrogens with two attached hydrogens (primary N) is 2. The number of hydrogen-bond donors (Lipinski definition) is 2. The van der Waals surface area contributed by atoms with Crippen molar-refractivity contribution in [2.45, 2.75) is 6.05 Å². The number of benzene rings is 1. The molecule has 1 aromatic carbocycles. The van der Waals surface area contributed by atoms with Gasteiger partial charge in [-0.1, -0.05) is 26.1 Å². The maximum Gasteiger partial charge on any atom is 0.368 e. The summed E-state index contributed by atoms with van der Waals surface area (Å²) >= 11 is 0. The Morgan fingerprint density at radius 3 is 2.70 bits per heavy atom. The molecule has 0 aliphatic carbocycles. The van der Waals surface area contributed by atoms with E-state index in [0.29, 0.717) is 11.3 Å². The molecule has 0 unspecified atom stereocenters. The fraction of sp³-hybridized carbons (Fsp3) is 0.150. The lowest BCUT2D eigenvalue weighted by molar-refractivity contribution is -0.00933. The lowest BCUT2D eigenvalue weighted by Crippen LogP contribution is -2.46. The quantitative estimate of drug-likeness (QED) is 0.220. The van der Waals surface area contributed by atoms with Crippen LogP contribution < -0.4 is 21.9 Å². The first kappa shape index (κ1) is 20.1. The van der Waals surface area contributed by atoms with Crippen molar-refractivity contribution in [3.63, 3.8) is 0 Å². The summed E-state index contributed by atoms with van der Waals surface area (Å²) in [6.07, 6.45) is 5.82. The summed E-state index contributed by atoms with van der Waals surface area (Å²) in [6.45, 7) is 4.27. The van der Waals surface area contributed by atoms with Gasteiger partial charge in [0.15, 0.2) is 11.6 Å². The summed E-state index contributed by atoms with van der Waals surface area (Å²) in [4.78, 5) is 12.4. The van der Waals surface area contributed by atoms with Gasteiger partial charge in [0, 0.05) is 24.2 Å². The van der Waals surface area contributed by atoms with E-state index in [-0.39, 0.29) is 30.1 Å². The van der Waals surface area contributed by atoms with Crippen molar-refractivity contribution in [1.82, 2.24) is 19.4 Å². The van der Waals surface area contributed by atoms with Crippen LogP contribution in [0.1, 0.15) is 5.56 Å². The number of imidazole rings is 1. The Balaban J connectivity index is 1.73. The number of hydrogen-bond acceptors (Lipinski definition) is 6. The number of fused-ring (bicyclic) bond motifs is 1. The van der Waals surface area contributed by atoms with Crippen LogP contribution in [0.5, 0.6) is 0 Å². The predicted octanol–water partition coefficient (Wildman–Crippen LogP) is 3.17. The number of rotatable bonds is 5. The molecule has 0 fully saturated rings. The van der Waals surface area contributed by atoms with E-state index in [0.717, 1.165) is 10.9 Å². The van der Waals surface area contributed by atoms with Crippen molar-refractivity contribution in [1.29, 1.82) is 0 Å².